The van der Waals surface area contributed by atoms with Crippen LogP contribution in [0.25, 0.3) is 0 Å². The molecule has 0 aromatic heterocycles. The van der Waals surface area contributed by atoms with E-state index in [-0.39, 0.29) is 30.5 Å². The van der Waals surface area contributed by atoms with E-state index in [9.17, 15) is 18.0 Å². The third kappa shape index (κ3) is 8.74. The summed E-state index contributed by atoms with van der Waals surface area (Å²) in [6.07, 6.45) is 0.498. The van der Waals surface area contributed by atoms with Crippen LogP contribution in [0.3, 0.4) is 0 Å². The van der Waals surface area contributed by atoms with Crippen LogP contribution in [0.1, 0.15) is 20.3 Å². The average molecular weight is 278 g/mol. The van der Waals surface area contributed by atoms with Crippen LogP contribution in [-0.2, 0) is 28.9 Å². The van der Waals surface area contributed by atoms with Gasteiger partial charge in [-0.05, 0) is 13.8 Å². The first-order chi connectivity index (χ1) is 8.11. The summed E-state index contributed by atoms with van der Waals surface area (Å²) in [6.45, 7) is 6.51. The van der Waals surface area contributed by atoms with Crippen molar-refractivity contribution in [2.45, 2.75) is 26.4 Å². The van der Waals surface area contributed by atoms with Crippen LogP contribution in [-0.4, -0.2) is 45.1 Å². The fourth-order valence-corrected chi connectivity index (χ4v) is 1.32. The number of esters is 2. The molecule has 0 heterocycles. The first-order valence-electron chi connectivity index (χ1n) is 5.34. The Morgan fingerprint density at radius 3 is 2.28 bits per heavy atom. The minimum Gasteiger partial charge on any atom is -0.463 e. The summed E-state index contributed by atoms with van der Waals surface area (Å²) in [7, 11) is -3.18. The van der Waals surface area contributed by atoms with Crippen molar-refractivity contribution in [3.63, 3.8) is 0 Å². The molecule has 0 unspecified atom stereocenters. The first-order valence-corrected chi connectivity index (χ1v) is 7.40. The summed E-state index contributed by atoms with van der Waals surface area (Å²) in [5, 5.41) is 0. The molecule has 0 bridgehead atoms. The van der Waals surface area contributed by atoms with Crippen LogP contribution in [0, 0.1) is 0 Å². The minimum atomic E-state index is -3.18. The summed E-state index contributed by atoms with van der Waals surface area (Å²) in [6, 6.07) is 0. The highest BCUT2D eigenvalue weighted by atomic mass is 32.2. The van der Waals surface area contributed by atoms with E-state index < -0.39 is 21.8 Å². The van der Waals surface area contributed by atoms with Gasteiger partial charge in [0.25, 0.3) is 0 Å². The van der Waals surface area contributed by atoms with Gasteiger partial charge in [0.15, 0.2) is 9.84 Å². The first kappa shape index (κ1) is 16.6. The van der Waals surface area contributed by atoms with Gasteiger partial charge in [0, 0.05) is 11.8 Å². The molecule has 6 nitrogen and oxygen atoms in total. The molecular formula is C11H18O6S. The van der Waals surface area contributed by atoms with E-state index in [0.29, 0.717) is 0 Å². The molecule has 0 aromatic carbocycles. The Bertz CT molecular complexity index is 421. The Morgan fingerprint density at radius 1 is 1.28 bits per heavy atom. The van der Waals surface area contributed by atoms with Crippen molar-refractivity contribution in [1.82, 2.24) is 0 Å². The predicted octanol–water partition coefficient (Wildman–Crippen LogP) is 0.472. The quantitative estimate of drug-likeness (QED) is 0.497. The molecule has 0 spiro atoms. The average Bonchev–Trinajstić information content (AvgIpc) is 2.13. The summed E-state index contributed by atoms with van der Waals surface area (Å²) in [5.41, 5.74) is -0.0610. The Labute approximate surface area is 107 Å². The van der Waals surface area contributed by atoms with Gasteiger partial charge in [0.05, 0.1) is 18.3 Å². The molecule has 18 heavy (non-hydrogen) atoms. The molecule has 0 aliphatic rings. The normalized spacial score (nSPS) is 11.1. The molecule has 0 aliphatic heterocycles. The van der Waals surface area contributed by atoms with E-state index in [2.05, 4.69) is 11.3 Å². The SMILES string of the molecule is C=C(CC(=O)OC(C)C)C(=O)OCCS(C)(=O)=O. The smallest absolute Gasteiger partial charge is 0.334 e. The van der Waals surface area contributed by atoms with E-state index >= 15 is 0 Å². The highest BCUT2D eigenvalue weighted by Crippen LogP contribution is 2.04. The Balaban J connectivity index is 4.05. The lowest BCUT2D eigenvalue weighted by Gasteiger charge is -2.09. The number of carbonyl (C=O) groups is 2. The van der Waals surface area contributed by atoms with Crippen molar-refractivity contribution in [2.24, 2.45) is 0 Å². The van der Waals surface area contributed by atoms with Gasteiger partial charge in [0.2, 0.25) is 0 Å². The zero-order chi connectivity index (χ0) is 14.3. The van der Waals surface area contributed by atoms with Gasteiger partial charge in [-0.15, -0.1) is 0 Å². The van der Waals surface area contributed by atoms with Crippen molar-refractivity contribution in [1.29, 1.82) is 0 Å². The number of carbonyl (C=O) groups excluding carboxylic acids is 2. The lowest BCUT2D eigenvalue weighted by molar-refractivity contribution is -0.149. The van der Waals surface area contributed by atoms with Crippen molar-refractivity contribution in [2.75, 3.05) is 18.6 Å². The van der Waals surface area contributed by atoms with E-state index in [0.717, 1.165) is 6.26 Å². The highest BCUT2D eigenvalue weighted by Gasteiger charge is 2.15. The number of sulfone groups is 1. The summed E-state index contributed by atoms with van der Waals surface area (Å²) >= 11 is 0. The molecule has 0 rings (SSSR count). The zero-order valence-electron chi connectivity index (χ0n) is 10.8. The van der Waals surface area contributed by atoms with Gasteiger partial charge in [-0.3, -0.25) is 4.79 Å². The van der Waals surface area contributed by atoms with Gasteiger partial charge >= 0.3 is 11.9 Å². The fourth-order valence-electron chi connectivity index (χ4n) is 0.939. The summed E-state index contributed by atoms with van der Waals surface area (Å²) in [5.74, 6) is -1.63. The standard InChI is InChI=1S/C11H18O6S/c1-8(2)17-10(12)7-9(3)11(13)16-5-6-18(4,14)15/h8H,3,5-7H2,1-2,4H3. The maximum Gasteiger partial charge on any atom is 0.334 e. The van der Waals surface area contributed by atoms with Gasteiger partial charge in [-0.2, -0.15) is 0 Å². The zero-order valence-corrected chi connectivity index (χ0v) is 11.6. The number of rotatable bonds is 7. The highest BCUT2D eigenvalue weighted by molar-refractivity contribution is 7.90. The number of ether oxygens (including phenoxy) is 2. The molecule has 0 atom stereocenters. The predicted molar refractivity (Wildman–Crippen MR) is 65.7 cm³/mol. The Hall–Kier alpha value is -1.37. The van der Waals surface area contributed by atoms with Crippen LogP contribution in [0.5, 0.6) is 0 Å². The van der Waals surface area contributed by atoms with E-state index in [1.165, 1.54) is 0 Å². The summed E-state index contributed by atoms with van der Waals surface area (Å²) < 4.78 is 31.1. The van der Waals surface area contributed by atoms with Crippen LogP contribution in [0.15, 0.2) is 12.2 Å². The van der Waals surface area contributed by atoms with Gasteiger partial charge in [0.1, 0.15) is 6.61 Å². The van der Waals surface area contributed by atoms with Gasteiger partial charge < -0.3 is 9.47 Å². The maximum atomic E-state index is 11.3. The van der Waals surface area contributed by atoms with Gasteiger partial charge in [-0.25, -0.2) is 13.2 Å². The third-order valence-electron chi connectivity index (χ3n) is 1.70. The fraction of sp³-hybridized carbons (Fsp3) is 0.636. The molecule has 0 amide bonds. The monoisotopic (exact) mass is 278 g/mol. The molecule has 0 aromatic rings. The Morgan fingerprint density at radius 2 is 1.83 bits per heavy atom. The summed E-state index contributed by atoms with van der Waals surface area (Å²) in [4.78, 5) is 22.5. The van der Waals surface area contributed by atoms with Crippen molar-refractivity contribution < 1.29 is 27.5 Å². The molecule has 0 saturated carbocycles. The number of hydrogen-bond acceptors (Lipinski definition) is 6. The maximum absolute atomic E-state index is 11.3. The van der Waals surface area contributed by atoms with Gasteiger partial charge in [-0.1, -0.05) is 6.58 Å². The second-order valence-electron chi connectivity index (χ2n) is 4.08. The molecule has 104 valence electrons. The van der Waals surface area contributed by atoms with Crippen LogP contribution >= 0.6 is 0 Å². The largest absolute Gasteiger partial charge is 0.463 e. The van der Waals surface area contributed by atoms with Crippen molar-refractivity contribution in [3.8, 4) is 0 Å². The van der Waals surface area contributed by atoms with Crippen molar-refractivity contribution >= 4 is 21.8 Å². The lowest BCUT2D eigenvalue weighted by Crippen LogP contribution is -2.18. The van der Waals surface area contributed by atoms with E-state index in [4.69, 9.17) is 4.74 Å². The van der Waals surface area contributed by atoms with Crippen LogP contribution in [0.4, 0.5) is 0 Å². The molecule has 0 N–H and O–H groups in total. The van der Waals surface area contributed by atoms with Crippen molar-refractivity contribution in [3.05, 3.63) is 12.2 Å². The minimum absolute atomic E-state index is 0.0610. The molecule has 0 fully saturated rings. The van der Waals surface area contributed by atoms with Crippen LogP contribution < -0.4 is 0 Å². The third-order valence-corrected chi connectivity index (χ3v) is 2.61. The molecule has 0 aliphatic carbocycles. The second-order valence-corrected chi connectivity index (χ2v) is 6.34. The molecule has 0 radical (unpaired) electrons. The lowest BCUT2D eigenvalue weighted by atomic mass is 10.2. The van der Waals surface area contributed by atoms with E-state index in [1.54, 1.807) is 13.8 Å². The number of hydrogen-bond donors (Lipinski definition) is 0. The Kier molecular flexibility index (Phi) is 6.61. The van der Waals surface area contributed by atoms with Crippen LogP contribution in [0.2, 0.25) is 0 Å². The molecular weight excluding hydrogens is 260 g/mol. The molecule has 0 saturated heterocycles. The topological polar surface area (TPSA) is 86.7 Å². The second kappa shape index (κ2) is 7.15. The molecule has 7 heteroatoms. The van der Waals surface area contributed by atoms with E-state index in [1.807, 2.05) is 0 Å².